The van der Waals surface area contributed by atoms with Gasteiger partial charge in [-0.25, -0.2) is 0 Å². The molecule has 1 saturated heterocycles. The van der Waals surface area contributed by atoms with Crippen LogP contribution in [0.1, 0.15) is 44.9 Å². The SMILES string of the molecule is OC1CCC2N=C(N3CCOCC3)C3CCCCC3SC2C1. The lowest BCUT2D eigenvalue weighted by Crippen LogP contribution is -2.46. The van der Waals surface area contributed by atoms with E-state index >= 15 is 0 Å². The van der Waals surface area contributed by atoms with Crippen molar-refractivity contribution < 1.29 is 9.84 Å². The molecule has 4 nitrogen and oxygen atoms in total. The minimum atomic E-state index is -0.101. The molecule has 22 heavy (non-hydrogen) atoms. The van der Waals surface area contributed by atoms with Crippen molar-refractivity contribution >= 4 is 17.6 Å². The smallest absolute Gasteiger partial charge is 0.104 e. The van der Waals surface area contributed by atoms with Gasteiger partial charge in [-0.1, -0.05) is 12.8 Å². The van der Waals surface area contributed by atoms with Crippen LogP contribution in [0, 0.1) is 5.92 Å². The van der Waals surface area contributed by atoms with Gasteiger partial charge in [-0.15, -0.1) is 0 Å². The zero-order valence-corrected chi connectivity index (χ0v) is 14.1. The predicted molar refractivity (Wildman–Crippen MR) is 90.6 cm³/mol. The molecule has 0 radical (unpaired) electrons. The molecule has 0 aromatic heterocycles. The second-order valence-corrected chi connectivity index (χ2v) is 8.71. The Labute approximate surface area is 137 Å². The van der Waals surface area contributed by atoms with E-state index in [1.807, 2.05) is 0 Å². The summed E-state index contributed by atoms with van der Waals surface area (Å²) in [6.07, 6.45) is 8.18. The molecule has 0 amide bonds. The van der Waals surface area contributed by atoms with Crippen molar-refractivity contribution in [1.82, 2.24) is 4.90 Å². The van der Waals surface area contributed by atoms with Gasteiger partial charge in [-0.05, 0) is 32.1 Å². The van der Waals surface area contributed by atoms with E-state index in [1.165, 1.54) is 31.5 Å². The molecule has 5 unspecified atom stereocenters. The molecular weight excluding hydrogens is 296 g/mol. The minimum Gasteiger partial charge on any atom is -0.393 e. The summed E-state index contributed by atoms with van der Waals surface area (Å²) < 4.78 is 5.54. The van der Waals surface area contributed by atoms with Crippen LogP contribution >= 0.6 is 11.8 Å². The van der Waals surface area contributed by atoms with E-state index in [-0.39, 0.29) is 6.10 Å². The van der Waals surface area contributed by atoms with Gasteiger partial charge in [-0.3, -0.25) is 4.99 Å². The van der Waals surface area contributed by atoms with Gasteiger partial charge in [0.2, 0.25) is 0 Å². The molecule has 0 spiro atoms. The van der Waals surface area contributed by atoms with Crippen LogP contribution in [0.4, 0.5) is 0 Å². The molecule has 4 rings (SSSR count). The van der Waals surface area contributed by atoms with E-state index in [0.29, 0.717) is 17.2 Å². The van der Waals surface area contributed by atoms with E-state index in [9.17, 15) is 5.11 Å². The van der Waals surface area contributed by atoms with Crippen LogP contribution in [0.15, 0.2) is 4.99 Å². The second kappa shape index (κ2) is 6.70. The highest BCUT2D eigenvalue weighted by Gasteiger charge is 2.41. The van der Waals surface area contributed by atoms with Crippen molar-refractivity contribution in [3.63, 3.8) is 0 Å². The molecule has 2 heterocycles. The number of hydrogen-bond acceptors (Lipinski definition) is 5. The molecule has 5 heteroatoms. The van der Waals surface area contributed by atoms with Crippen molar-refractivity contribution in [2.24, 2.45) is 10.9 Å². The Balaban J connectivity index is 1.62. The Bertz CT molecular complexity index is 425. The molecule has 1 N–H and O–H groups in total. The summed E-state index contributed by atoms with van der Waals surface area (Å²) in [6, 6.07) is 0.428. The molecule has 4 aliphatic rings. The van der Waals surface area contributed by atoms with E-state index < -0.39 is 0 Å². The average molecular weight is 324 g/mol. The summed E-state index contributed by atoms with van der Waals surface area (Å²) in [5.41, 5.74) is 0. The molecule has 0 aromatic carbocycles. The number of nitrogens with zero attached hydrogens (tertiary/aromatic N) is 2. The first-order chi connectivity index (χ1) is 10.8. The Kier molecular flexibility index (Phi) is 4.65. The molecule has 0 bridgehead atoms. The Morgan fingerprint density at radius 3 is 2.73 bits per heavy atom. The predicted octanol–water partition coefficient (Wildman–Crippen LogP) is 2.30. The first kappa shape index (κ1) is 15.3. The number of rotatable bonds is 0. The summed E-state index contributed by atoms with van der Waals surface area (Å²) in [7, 11) is 0. The molecule has 2 saturated carbocycles. The minimum absolute atomic E-state index is 0.101. The molecule has 124 valence electrons. The number of amidine groups is 1. The lowest BCUT2D eigenvalue weighted by atomic mass is 9.86. The topological polar surface area (TPSA) is 45.1 Å². The maximum absolute atomic E-state index is 10.1. The maximum Gasteiger partial charge on any atom is 0.104 e. The monoisotopic (exact) mass is 324 g/mol. The van der Waals surface area contributed by atoms with Gasteiger partial charge in [-0.2, -0.15) is 11.8 Å². The Morgan fingerprint density at radius 1 is 1.05 bits per heavy atom. The van der Waals surface area contributed by atoms with Gasteiger partial charge in [0.1, 0.15) is 5.84 Å². The third-order valence-electron chi connectivity index (χ3n) is 5.75. The summed E-state index contributed by atoms with van der Waals surface area (Å²) in [5, 5.41) is 11.3. The number of thioether (sulfide) groups is 1. The highest BCUT2D eigenvalue weighted by atomic mass is 32.2. The molecular formula is C17H28N2O2S. The number of morpholine rings is 1. The largest absolute Gasteiger partial charge is 0.393 e. The standard InChI is InChI=1S/C17H28N2O2S/c20-12-5-6-14-16(11-12)22-15-4-2-1-3-13(15)17(18-14)19-7-9-21-10-8-19/h12-16,20H,1-11H2. The van der Waals surface area contributed by atoms with Crippen molar-refractivity contribution in [2.75, 3.05) is 26.3 Å². The fraction of sp³-hybridized carbons (Fsp3) is 0.941. The second-order valence-electron chi connectivity index (χ2n) is 7.22. The lowest BCUT2D eigenvalue weighted by molar-refractivity contribution is 0.0650. The van der Waals surface area contributed by atoms with Gasteiger partial charge in [0.15, 0.2) is 0 Å². The quantitative estimate of drug-likeness (QED) is 0.743. The summed E-state index contributed by atoms with van der Waals surface area (Å²) in [6.45, 7) is 3.70. The van der Waals surface area contributed by atoms with Crippen molar-refractivity contribution in [3.8, 4) is 0 Å². The van der Waals surface area contributed by atoms with Gasteiger partial charge >= 0.3 is 0 Å². The highest BCUT2D eigenvalue weighted by molar-refractivity contribution is 8.00. The zero-order chi connectivity index (χ0) is 14.9. The average Bonchev–Trinajstić information content (AvgIpc) is 2.72. The fourth-order valence-corrected chi connectivity index (χ4v) is 6.45. The van der Waals surface area contributed by atoms with Crippen LogP contribution in [0.2, 0.25) is 0 Å². The molecule has 2 aliphatic carbocycles. The van der Waals surface area contributed by atoms with Crippen LogP contribution in [0.5, 0.6) is 0 Å². The van der Waals surface area contributed by atoms with E-state index in [0.717, 1.165) is 50.8 Å². The summed E-state index contributed by atoms with van der Waals surface area (Å²) in [4.78, 5) is 7.81. The number of ether oxygens (including phenoxy) is 1. The first-order valence-corrected chi connectivity index (χ1v) is 9.99. The molecule has 0 aromatic rings. The van der Waals surface area contributed by atoms with Gasteiger partial charge in [0, 0.05) is 29.5 Å². The summed E-state index contributed by atoms with van der Waals surface area (Å²) >= 11 is 2.16. The normalized spacial score (nSPS) is 42.9. The molecule has 2 aliphatic heterocycles. The van der Waals surface area contributed by atoms with E-state index in [2.05, 4.69) is 16.7 Å². The lowest BCUT2D eigenvalue weighted by Gasteiger charge is -2.38. The number of aliphatic hydroxyl groups excluding tert-OH is 1. The van der Waals surface area contributed by atoms with Crippen LogP contribution < -0.4 is 0 Å². The Morgan fingerprint density at radius 2 is 1.86 bits per heavy atom. The van der Waals surface area contributed by atoms with Crippen molar-refractivity contribution in [2.45, 2.75) is 67.6 Å². The van der Waals surface area contributed by atoms with Crippen LogP contribution in [-0.4, -0.2) is 64.8 Å². The fourth-order valence-electron chi connectivity index (χ4n) is 4.54. The zero-order valence-electron chi connectivity index (χ0n) is 13.3. The van der Waals surface area contributed by atoms with Crippen LogP contribution in [0.25, 0.3) is 0 Å². The Hall–Kier alpha value is -0.260. The molecule has 5 atom stereocenters. The third-order valence-corrected chi connectivity index (χ3v) is 7.52. The van der Waals surface area contributed by atoms with Gasteiger partial charge in [0.05, 0.1) is 25.4 Å². The van der Waals surface area contributed by atoms with Crippen LogP contribution in [-0.2, 0) is 4.74 Å². The third kappa shape index (κ3) is 3.04. The number of aliphatic hydroxyl groups is 1. The van der Waals surface area contributed by atoms with E-state index in [1.54, 1.807) is 0 Å². The van der Waals surface area contributed by atoms with Gasteiger partial charge in [0.25, 0.3) is 0 Å². The summed E-state index contributed by atoms with van der Waals surface area (Å²) in [5.74, 6) is 2.03. The first-order valence-electron chi connectivity index (χ1n) is 9.05. The van der Waals surface area contributed by atoms with Crippen LogP contribution in [0.3, 0.4) is 0 Å². The maximum atomic E-state index is 10.1. The van der Waals surface area contributed by atoms with Gasteiger partial charge < -0.3 is 14.7 Å². The van der Waals surface area contributed by atoms with Crippen molar-refractivity contribution in [3.05, 3.63) is 0 Å². The number of hydrogen-bond donors (Lipinski definition) is 1. The highest BCUT2D eigenvalue weighted by Crippen LogP contribution is 2.44. The number of aliphatic imine (C=N–C) groups is 1. The molecule has 3 fully saturated rings. The van der Waals surface area contributed by atoms with E-state index in [4.69, 9.17) is 9.73 Å². The number of fused-ring (bicyclic) bond motifs is 2. The van der Waals surface area contributed by atoms with Crippen molar-refractivity contribution in [1.29, 1.82) is 0 Å².